The van der Waals surface area contributed by atoms with Gasteiger partial charge in [0.05, 0.1) is 12.7 Å². The van der Waals surface area contributed by atoms with E-state index in [2.05, 4.69) is 5.32 Å². The molecule has 0 fully saturated rings. The van der Waals surface area contributed by atoms with E-state index in [1.165, 1.54) is 0 Å². The molecular formula is C19H17Cl2NO2. The van der Waals surface area contributed by atoms with Crippen LogP contribution in [0.25, 0.3) is 11.0 Å². The molecule has 0 unspecified atom stereocenters. The van der Waals surface area contributed by atoms with Crippen molar-refractivity contribution >= 4 is 40.1 Å². The van der Waals surface area contributed by atoms with Crippen LogP contribution in [0.15, 0.2) is 47.1 Å². The van der Waals surface area contributed by atoms with Crippen LogP contribution >= 0.6 is 23.2 Å². The second-order valence-corrected chi connectivity index (χ2v) is 6.62. The number of carbonyl (C=O) groups excluding carboxylic acids is 1. The first-order valence-corrected chi connectivity index (χ1v) is 8.46. The Hall–Kier alpha value is -1.97. The van der Waals surface area contributed by atoms with E-state index in [1.807, 2.05) is 31.2 Å². The van der Waals surface area contributed by atoms with Crippen LogP contribution in [0.3, 0.4) is 0 Å². The summed E-state index contributed by atoms with van der Waals surface area (Å²) in [5.74, 6) is -0.0386. The highest BCUT2D eigenvalue weighted by Gasteiger charge is 2.10. The summed E-state index contributed by atoms with van der Waals surface area (Å²) in [6, 6.07) is 11.4. The zero-order chi connectivity index (χ0) is 17.1. The first-order chi connectivity index (χ1) is 11.5. The molecule has 1 heterocycles. The summed E-state index contributed by atoms with van der Waals surface area (Å²) in [7, 11) is 0. The van der Waals surface area contributed by atoms with Crippen LogP contribution < -0.4 is 5.32 Å². The molecule has 24 heavy (non-hydrogen) atoms. The molecule has 0 bridgehead atoms. The number of fused-ring (bicyclic) bond motifs is 1. The van der Waals surface area contributed by atoms with Crippen LogP contribution in [0.4, 0.5) is 0 Å². The van der Waals surface area contributed by atoms with E-state index < -0.39 is 0 Å². The molecule has 3 aromatic rings. The van der Waals surface area contributed by atoms with Gasteiger partial charge < -0.3 is 9.73 Å². The van der Waals surface area contributed by atoms with E-state index in [9.17, 15) is 4.79 Å². The number of halogens is 2. The van der Waals surface area contributed by atoms with E-state index in [-0.39, 0.29) is 5.91 Å². The third-order valence-electron chi connectivity index (χ3n) is 3.89. The van der Waals surface area contributed by atoms with Crippen molar-refractivity contribution in [3.63, 3.8) is 0 Å². The highest BCUT2D eigenvalue weighted by atomic mass is 35.5. The van der Waals surface area contributed by atoms with Gasteiger partial charge in [-0.15, -0.1) is 0 Å². The van der Waals surface area contributed by atoms with Gasteiger partial charge in [0.25, 0.3) is 0 Å². The van der Waals surface area contributed by atoms with Crippen molar-refractivity contribution in [2.75, 3.05) is 6.54 Å². The maximum absolute atomic E-state index is 12.1. The average Bonchev–Trinajstić information content (AvgIpc) is 2.91. The molecule has 1 aromatic heterocycles. The van der Waals surface area contributed by atoms with Gasteiger partial charge in [-0.25, -0.2) is 0 Å². The summed E-state index contributed by atoms with van der Waals surface area (Å²) < 4.78 is 5.52. The molecule has 0 spiro atoms. The summed E-state index contributed by atoms with van der Waals surface area (Å²) in [4.78, 5) is 12.1. The lowest BCUT2D eigenvalue weighted by Gasteiger charge is -2.07. The van der Waals surface area contributed by atoms with Crippen LogP contribution in [0.5, 0.6) is 0 Å². The van der Waals surface area contributed by atoms with Crippen LogP contribution in [0, 0.1) is 6.92 Å². The zero-order valence-electron chi connectivity index (χ0n) is 13.2. The van der Waals surface area contributed by atoms with E-state index in [0.717, 1.165) is 27.7 Å². The van der Waals surface area contributed by atoms with Crippen molar-refractivity contribution in [3.8, 4) is 0 Å². The molecule has 1 amide bonds. The standard InChI is InChI=1S/C19H17Cl2NO2/c1-12-2-5-16-14(11-24-18(16)8-12)9-19(23)22-7-6-13-3-4-15(20)10-17(13)21/h2-5,8,10-11H,6-7,9H2,1H3,(H,22,23). The number of benzene rings is 2. The van der Waals surface area contributed by atoms with E-state index in [0.29, 0.717) is 29.4 Å². The second kappa shape index (κ2) is 7.29. The van der Waals surface area contributed by atoms with Gasteiger partial charge in [-0.3, -0.25) is 4.79 Å². The maximum atomic E-state index is 12.1. The van der Waals surface area contributed by atoms with Crippen molar-refractivity contribution in [3.05, 3.63) is 69.4 Å². The molecule has 0 saturated carbocycles. The van der Waals surface area contributed by atoms with Crippen molar-refractivity contribution in [2.24, 2.45) is 0 Å². The SMILES string of the molecule is Cc1ccc2c(CC(=O)NCCc3ccc(Cl)cc3Cl)coc2c1. The Morgan fingerprint density at radius 1 is 1.12 bits per heavy atom. The molecule has 0 saturated heterocycles. The van der Waals surface area contributed by atoms with E-state index in [1.54, 1.807) is 18.4 Å². The molecule has 0 aliphatic carbocycles. The molecule has 5 heteroatoms. The summed E-state index contributed by atoms with van der Waals surface area (Å²) in [6.07, 6.45) is 2.61. The lowest BCUT2D eigenvalue weighted by Crippen LogP contribution is -2.27. The van der Waals surface area contributed by atoms with E-state index >= 15 is 0 Å². The highest BCUT2D eigenvalue weighted by molar-refractivity contribution is 6.35. The Bertz CT molecular complexity index is 886. The average molecular weight is 362 g/mol. The molecule has 0 aliphatic rings. The molecule has 2 aromatic carbocycles. The molecule has 0 radical (unpaired) electrons. The van der Waals surface area contributed by atoms with Crippen LogP contribution in [-0.4, -0.2) is 12.5 Å². The summed E-state index contributed by atoms with van der Waals surface area (Å²) >= 11 is 12.0. The molecule has 124 valence electrons. The van der Waals surface area contributed by atoms with Gasteiger partial charge in [0.1, 0.15) is 5.58 Å². The molecule has 3 rings (SSSR count). The first kappa shape index (κ1) is 16.9. The monoisotopic (exact) mass is 361 g/mol. The fraction of sp³-hybridized carbons (Fsp3) is 0.211. The number of hydrogen-bond donors (Lipinski definition) is 1. The Morgan fingerprint density at radius 3 is 2.75 bits per heavy atom. The molecule has 3 nitrogen and oxygen atoms in total. The van der Waals surface area contributed by atoms with E-state index in [4.69, 9.17) is 27.6 Å². The topological polar surface area (TPSA) is 42.2 Å². The van der Waals surface area contributed by atoms with Gasteiger partial charge in [-0.2, -0.15) is 0 Å². The number of carbonyl (C=O) groups is 1. The molecular weight excluding hydrogens is 345 g/mol. The highest BCUT2D eigenvalue weighted by Crippen LogP contribution is 2.23. The number of hydrogen-bond acceptors (Lipinski definition) is 2. The summed E-state index contributed by atoms with van der Waals surface area (Å²) in [5, 5.41) is 5.12. The first-order valence-electron chi connectivity index (χ1n) is 7.70. The maximum Gasteiger partial charge on any atom is 0.224 e. The third kappa shape index (κ3) is 3.92. The van der Waals surface area contributed by atoms with Crippen molar-refractivity contribution in [1.29, 1.82) is 0 Å². The van der Waals surface area contributed by atoms with Crippen LogP contribution in [0.1, 0.15) is 16.7 Å². The van der Waals surface area contributed by atoms with Crippen molar-refractivity contribution < 1.29 is 9.21 Å². The Balaban J connectivity index is 1.57. The fourth-order valence-corrected chi connectivity index (χ4v) is 3.13. The predicted octanol–water partition coefficient (Wildman–Crippen LogP) is 4.95. The smallest absolute Gasteiger partial charge is 0.224 e. The van der Waals surface area contributed by atoms with Gasteiger partial charge in [-0.05, 0) is 42.7 Å². The largest absolute Gasteiger partial charge is 0.464 e. The minimum absolute atomic E-state index is 0.0386. The number of rotatable bonds is 5. The number of amides is 1. The fourth-order valence-electron chi connectivity index (χ4n) is 2.62. The summed E-state index contributed by atoms with van der Waals surface area (Å²) in [6.45, 7) is 2.53. The predicted molar refractivity (Wildman–Crippen MR) is 97.8 cm³/mol. The molecule has 0 atom stereocenters. The Kier molecular flexibility index (Phi) is 5.12. The summed E-state index contributed by atoms with van der Waals surface area (Å²) in [5.41, 5.74) is 3.80. The van der Waals surface area contributed by atoms with Gasteiger partial charge in [0.15, 0.2) is 0 Å². The lowest BCUT2D eigenvalue weighted by atomic mass is 10.1. The van der Waals surface area contributed by atoms with Gasteiger partial charge in [-0.1, -0.05) is 41.4 Å². The third-order valence-corrected chi connectivity index (χ3v) is 4.48. The Labute approximate surface area is 150 Å². The molecule has 1 N–H and O–H groups in total. The van der Waals surface area contributed by atoms with Crippen LogP contribution in [0.2, 0.25) is 10.0 Å². The number of furan rings is 1. The van der Waals surface area contributed by atoms with Gasteiger partial charge in [0, 0.05) is 27.5 Å². The minimum atomic E-state index is -0.0386. The molecule has 0 aliphatic heterocycles. The second-order valence-electron chi connectivity index (χ2n) is 5.77. The minimum Gasteiger partial charge on any atom is -0.464 e. The van der Waals surface area contributed by atoms with Gasteiger partial charge in [0.2, 0.25) is 5.91 Å². The van der Waals surface area contributed by atoms with Crippen LogP contribution in [-0.2, 0) is 17.6 Å². The zero-order valence-corrected chi connectivity index (χ0v) is 14.7. The van der Waals surface area contributed by atoms with Crippen molar-refractivity contribution in [2.45, 2.75) is 19.8 Å². The quantitative estimate of drug-likeness (QED) is 0.698. The normalized spacial score (nSPS) is 11.0. The number of aryl methyl sites for hydroxylation is 1. The van der Waals surface area contributed by atoms with Gasteiger partial charge >= 0.3 is 0 Å². The lowest BCUT2D eigenvalue weighted by molar-refractivity contribution is -0.120. The van der Waals surface area contributed by atoms with Crippen molar-refractivity contribution in [1.82, 2.24) is 5.32 Å². The number of nitrogens with one attached hydrogen (secondary N) is 1. The Morgan fingerprint density at radius 2 is 1.96 bits per heavy atom.